The van der Waals surface area contributed by atoms with E-state index in [0.717, 1.165) is 5.39 Å². The number of piperidine rings is 1. The Morgan fingerprint density at radius 2 is 1.88 bits per heavy atom. The summed E-state index contributed by atoms with van der Waals surface area (Å²) in [5, 5.41) is 10.4. The number of likely N-dealkylation sites (tertiary alicyclic amines) is 1. The SMILES string of the molecule is CN1N=C([C@H]2CC[C@H](NC(=O)c3cnc4cc(Cl)ccc4c3)CN2C(=O)OC(C)(C)C)OC1[C@H]1C[C@@H](OC(F)(F)F)C1. The minimum atomic E-state index is -4.68. The maximum absolute atomic E-state index is 13.3. The van der Waals surface area contributed by atoms with Crippen molar-refractivity contribution in [2.75, 3.05) is 13.6 Å². The number of nitrogens with zero attached hydrogens (tertiary/aromatic N) is 4. The van der Waals surface area contributed by atoms with Gasteiger partial charge in [0.15, 0.2) is 6.23 Å². The van der Waals surface area contributed by atoms with Crippen molar-refractivity contribution < 1.29 is 37.0 Å². The molecule has 3 atom stereocenters. The van der Waals surface area contributed by atoms with Crippen molar-refractivity contribution in [2.24, 2.45) is 11.0 Å². The molecule has 3 aliphatic rings. The van der Waals surface area contributed by atoms with Crippen LogP contribution in [-0.2, 0) is 14.2 Å². The van der Waals surface area contributed by atoms with Crippen LogP contribution in [0, 0.1) is 5.92 Å². The molecule has 228 valence electrons. The quantitative estimate of drug-likeness (QED) is 0.489. The van der Waals surface area contributed by atoms with Gasteiger partial charge in [-0.05, 0) is 64.7 Å². The lowest BCUT2D eigenvalue weighted by Gasteiger charge is -2.41. The van der Waals surface area contributed by atoms with E-state index in [1.54, 1.807) is 57.1 Å². The number of nitrogens with one attached hydrogen (secondary N) is 1. The van der Waals surface area contributed by atoms with Gasteiger partial charge in [0.25, 0.3) is 5.91 Å². The van der Waals surface area contributed by atoms with Crippen LogP contribution < -0.4 is 5.32 Å². The highest BCUT2D eigenvalue weighted by atomic mass is 35.5. The molecule has 1 aromatic heterocycles. The number of rotatable bonds is 5. The van der Waals surface area contributed by atoms with E-state index in [2.05, 4.69) is 20.1 Å². The van der Waals surface area contributed by atoms with E-state index in [4.69, 9.17) is 21.1 Å². The van der Waals surface area contributed by atoms with Crippen LogP contribution in [-0.4, -0.2) is 82.8 Å². The number of carbonyl (C=O) groups excluding carboxylic acids is 2. The number of hydrogen-bond donors (Lipinski definition) is 1. The van der Waals surface area contributed by atoms with Crippen LogP contribution in [0.2, 0.25) is 5.02 Å². The maximum atomic E-state index is 13.3. The van der Waals surface area contributed by atoms with Crippen LogP contribution in [0.3, 0.4) is 0 Å². The van der Waals surface area contributed by atoms with Crippen LogP contribution in [0.1, 0.15) is 56.8 Å². The van der Waals surface area contributed by atoms with Gasteiger partial charge in [-0.15, -0.1) is 18.3 Å². The summed E-state index contributed by atoms with van der Waals surface area (Å²) in [5.74, 6) is -0.252. The highest BCUT2D eigenvalue weighted by Gasteiger charge is 2.48. The number of pyridine rings is 1. The van der Waals surface area contributed by atoms with Gasteiger partial charge in [0.05, 0.1) is 17.2 Å². The third-order valence-corrected chi connectivity index (χ3v) is 7.67. The third kappa shape index (κ3) is 7.00. The third-order valence-electron chi connectivity index (χ3n) is 7.44. The molecule has 1 saturated heterocycles. The largest absolute Gasteiger partial charge is 0.522 e. The predicted octanol–water partition coefficient (Wildman–Crippen LogP) is 5.30. The van der Waals surface area contributed by atoms with Gasteiger partial charge in [0, 0.05) is 42.2 Å². The number of ether oxygens (including phenoxy) is 3. The molecule has 3 heterocycles. The first-order chi connectivity index (χ1) is 19.6. The maximum Gasteiger partial charge on any atom is 0.522 e. The Kier molecular flexibility index (Phi) is 8.18. The highest BCUT2D eigenvalue weighted by Crippen LogP contribution is 2.40. The minimum Gasteiger partial charge on any atom is -0.452 e. The number of carbonyl (C=O) groups is 2. The zero-order valence-corrected chi connectivity index (χ0v) is 24.4. The summed E-state index contributed by atoms with van der Waals surface area (Å²) in [6.45, 7) is 5.41. The Bertz CT molecular complexity index is 1380. The molecule has 5 rings (SSSR count). The molecular formula is C28H33ClF3N5O5. The number of benzene rings is 1. The Morgan fingerprint density at radius 1 is 1.14 bits per heavy atom. The van der Waals surface area contributed by atoms with Crippen LogP contribution in [0.5, 0.6) is 0 Å². The van der Waals surface area contributed by atoms with E-state index < -0.39 is 36.4 Å². The topological polar surface area (TPSA) is 106 Å². The minimum absolute atomic E-state index is 0.142. The van der Waals surface area contributed by atoms with E-state index >= 15 is 0 Å². The summed E-state index contributed by atoms with van der Waals surface area (Å²) in [7, 11) is 1.69. The van der Waals surface area contributed by atoms with Crippen molar-refractivity contribution in [1.29, 1.82) is 0 Å². The normalized spacial score (nSPS) is 26.4. The Labute approximate surface area is 246 Å². The van der Waals surface area contributed by atoms with E-state index in [1.807, 2.05) is 0 Å². The zero-order valence-electron chi connectivity index (χ0n) is 23.7. The lowest BCUT2D eigenvalue weighted by atomic mass is 9.80. The first-order valence-electron chi connectivity index (χ1n) is 13.7. The van der Waals surface area contributed by atoms with Gasteiger partial charge in [-0.2, -0.15) is 0 Å². The lowest BCUT2D eigenvalue weighted by Crippen LogP contribution is -2.57. The van der Waals surface area contributed by atoms with Gasteiger partial charge >= 0.3 is 12.5 Å². The molecule has 1 aromatic carbocycles. The Morgan fingerprint density at radius 3 is 2.57 bits per heavy atom. The fourth-order valence-electron chi connectivity index (χ4n) is 5.46. The van der Waals surface area contributed by atoms with Crippen molar-refractivity contribution in [3.05, 3.63) is 41.0 Å². The van der Waals surface area contributed by atoms with Crippen molar-refractivity contribution in [1.82, 2.24) is 20.2 Å². The molecule has 10 nitrogen and oxygen atoms in total. The van der Waals surface area contributed by atoms with Gasteiger partial charge in [0.1, 0.15) is 11.6 Å². The van der Waals surface area contributed by atoms with Gasteiger partial charge in [-0.25, -0.2) is 4.79 Å². The standard InChI is InChI=1S/C28H33ClF3N5O5/c1-27(2,3)42-26(39)37-14-19(34-23(38)17-9-15-5-6-18(29)12-21(15)33-13-17)7-8-22(37)24-35-36(4)25(40-24)16-10-20(11-16)41-28(30,31)32/h5-6,9,12-13,16,19-20,22,25H,7-8,10-11,14H2,1-4H3,(H,34,38)/t16-,19-,20+,22+,25?/m0/s1. The first-order valence-corrected chi connectivity index (χ1v) is 14.1. The van der Waals surface area contributed by atoms with Crippen molar-refractivity contribution in [3.8, 4) is 0 Å². The fraction of sp³-hybridized carbons (Fsp3) is 0.571. The Balaban J connectivity index is 1.26. The first kappa shape index (κ1) is 30.1. The molecule has 42 heavy (non-hydrogen) atoms. The summed E-state index contributed by atoms with van der Waals surface area (Å²) >= 11 is 6.03. The second kappa shape index (κ2) is 11.4. The van der Waals surface area contributed by atoms with E-state index in [1.165, 1.54) is 11.1 Å². The summed E-state index contributed by atoms with van der Waals surface area (Å²) in [6.07, 6.45) is -3.96. The number of aromatic nitrogens is 1. The van der Waals surface area contributed by atoms with E-state index in [0.29, 0.717) is 28.9 Å². The number of alkyl halides is 3. The van der Waals surface area contributed by atoms with Crippen molar-refractivity contribution in [2.45, 2.75) is 82.8 Å². The van der Waals surface area contributed by atoms with Crippen LogP contribution in [0.4, 0.5) is 18.0 Å². The molecule has 0 bridgehead atoms. The fourth-order valence-corrected chi connectivity index (χ4v) is 5.63. The summed E-state index contributed by atoms with van der Waals surface area (Å²) < 4.78 is 53.6. The highest BCUT2D eigenvalue weighted by molar-refractivity contribution is 6.31. The molecule has 0 radical (unpaired) electrons. The molecule has 1 N–H and O–H groups in total. The van der Waals surface area contributed by atoms with Crippen LogP contribution >= 0.6 is 11.6 Å². The second-order valence-corrected chi connectivity index (χ2v) is 12.3. The van der Waals surface area contributed by atoms with Gasteiger partial charge in [0.2, 0.25) is 5.90 Å². The summed E-state index contributed by atoms with van der Waals surface area (Å²) in [5.41, 5.74) is 0.271. The molecule has 2 amide bonds. The van der Waals surface area contributed by atoms with Gasteiger partial charge in [-0.3, -0.25) is 24.4 Å². The van der Waals surface area contributed by atoms with Gasteiger partial charge in [-0.1, -0.05) is 17.7 Å². The van der Waals surface area contributed by atoms with Crippen molar-refractivity contribution >= 4 is 40.4 Å². The molecular weight excluding hydrogens is 579 g/mol. The van der Waals surface area contributed by atoms with Crippen LogP contribution in [0.15, 0.2) is 35.6 Å². The van der Waals surface area contributed by atoms with Crippen LogP contribution in [0.25, 0.3) is 10.9 Å². The molecule has 1 saturated carbocycles. The summed E-state index contributed by atoms with van der Waals surface area (Å²) in [4.78, 5) is 32.3. The predicted molar refractivity (Wildman–Crippen MR) is 148 cm³/mol. The smallest absolute Gasteiger partial charge is 0.452 e. The van der Waals surface area contributed by atoms with E-state index in [9.17, 15) is 22.8 Å². The van der Waals surface area contributed by atoms with Crippen molar-refractivity contribution in [3.63, 3.8) is 0 Å². The molecule has 14 heteroatoms. The average molecular weight is 612 g/mol. The number of hydrogen-bond acceptors (Lipinski definition) is 8. The molecule has 1 unspecified atom stereocenters. The molecule has 1 aliphatic carbocycles. The van der Waals surface area contributed by atoms with Gasteiger partial charge < -0.3 is 14.8 Å². The second-order valence-electron chi connectivity index (χ2n) is 11.9. The molecule has 0 spiro atoms. The number of hydrazone groups is 1. The average Bonchev–Trinajstić information content (AvgIpc) is 3.24. The zero-order chi connectivity index (χ0) is 30.4. The lowest BCUT2D eigenvalue weighted by molar-refractivity contribution is -0.356. The Hall–Kier alpha value is -3.32. The molecule has 2 fully saturated rings. The molecule has 2 aliphatic heterocycles. The number of amides is 2. The molecule has 2 aromatic rings. The van der Waals surface area contributed by atoms with E-state index in [-0.39, 0.29) is 43.2 Å². The number of fused-ring (bicyclic) bond motifs is 1. The monoisotopic (exact) mass is 611 g/mol. The summed E-state index contributed by atoms with van der Waals surface area (Å²) in [6, 6.07) is 6.00. The number of halogens is 4.